The minimum absolute atomic E-state index is 0.0403. The second kappa shape index (κ2) is 5.79. The van der Waals surface area contributed by atoms with Crippen LogP contribution in [-0.4, -0.2) is 26.5 Å². The molecule has 0 fully saturated rings. The van der Waals surface area contributed by atoms with Crippen molar-refractivity contribution in [2.75, 3.05) is 0 Å². The van der Waals surface area contributed by atoms with Crippen LogP contribution >= 0.6 is 0 Å². The maximum atomic E-state index is 12.5. The average molecular weight is 302 g/mol. The van der Waals surface area contributed by atoms with E-state index >= 15 is 0 Å². The number of nitrogens with zero attached hydrogens (tertiary/aromatic N) is 2. The fourth-order valence-corrected chi connectivity index (χ4v) is 2.79. The topological polar surface area (TPSA) is 79.8 Å². The smallest absolute Gasteiger partial charge is 0.268 e. The first-order valence-electron chi connectivity index (χ1n) is 7.23. The molecule has 2 heterocycles. The predicted molar refractivity (Wildman–Crippen MR) is 84.1 cm³/mol. The summed E-state index contributed by atoms with van der Waals surface area (Å²) in [5, 5.41) is 7.14. The summed E-state index contributed by atoms with van der Waals surface area (Å²) >= 11 is 0. The Balaban J connectivity index is 2.25. The Labute approximate surface area is 129 Å². The van der Waals surface area contributed by atoms with Gasteiger partial charge in [-0.05, 0) is 40.2 Å². The van der Waals surface area contributed by atoms with Gasteiger partial charge in [-0.3, -0.25) is 14.3 Å². The Hall–Kier alpha value is -2.37. The molecule has 2 aromatic heterocycles. The molecule has 0 radical (unpaired) electrons. The second-order valence-electron chi connectivity index (χ2n) is 5.69. The maximum absolute atomic E-state index is 12.5. The summed E-state index contributed by atoms with van der Waals surface area (Å²) in [6.07, 6.45) is 1.76. The number of hydrogen-bond acceptors (Lipinski definition) is 3. The molecule has 0 aliphatic heterocycles. The number of nitrogens with one attached hydrogen (secondary N) is 2. The summed E-state index contributed by atoms with van der Waals surface area (Å²) in [6, 6.07) is -0.162. The quantitative estimate of drug-likeness (QED) is 0.851. The number of H-pyrrole nitrogens is 1. The number of aromatic nitrogens is 3. The molecular formula is C16H22N4O2. The summed E-state index contributed by atoms with van der Waals surface area (Å²) in [6.45, 7) is 8.97. The van der Waals surface area contributed by atoms with Crippen LogP contribution in [0.4, 0.5) is 0 Å². The zero-order valence-corrected chi connectivity index (χ0v) is 13.9. The number of rotatable bonds is 4. The molecule has 0 saturated heterocycles. The van der Waals surface area contributed by atoms with E-state index in [0.29, 0.717) is 16.8 Å². The van der Waals surface area contributed by atoms with Crippen LogP contribution in [0.5, 0.6) is 0 Å². The predicted octanol–water partition coefficient (Wildman–Crippen LogP) is 2.37. The van der Waals surface area contributed by atoms with E-state index in [1.807, 2.05) is 20.9 Å². The van der Waals surface area contributed by atoms with E-state index in [9.17, 15) is 9.59 Å². The molecule has 0 aliphatic rings. The Morgan fingerprint density at radius 2 is 1.95 bits per heavy atom. The van der Waals surface area contributed by atoms with E-state index in [-0.39, 0.29) is 17.7 Å². The van der Waals surface area contributed by atoms with Gasteiger partial charge in [0.1, 0.15) is 5.69 Å². The third-order valence-corrected chi connectivity index (χ3v) is 4.10. The highest BCUT2D eigenvalue weighted by atomic mass is 16.2. The van der Waals surface area contributed by atoms with Crippen molar-refractivity contribution >= 4 is 11.7 Å². The van der Waals surface area contributed by atoms with Gasteiger partial charge in [-0.25, -0.2) is 0 Å². The fraction of sp³-hybridized carbons (Fsp3) is 0.438. The van der Waals surface area contributed by atoms with Crippen molar-refractivity contribution in [2.45, 2.75) is 40.7 Å². The molecule has 6 nitrogen and oxygen atoms in total. The van der Waals surface area contributed by atoms with Gasteiger partial charge in [-0.1, -0.05) is 0 Å². The first kappa shape index (κ1) is 16.0. The summed E-state index contributed by atoms with van der Waals surface area (Å²) in [7, 11) is 1.87. The van der Waals surface area contributed by atoms with Gasteiger partial charge in [-0.2, -0.15) is 5.10 Å². The number of carbonyl (C=O) groups excluding carboxylic acids is 2. The van der Waals surface area contributed by atoms with E-state index in [0.717, 1.165) is 17.0 Å². The van der Waals surface area contributed by atoms with Crippen LogP contribution in [0.2, 0.25) is 0 Å². The number of hydrogen-bond donors (Lipinski definition) is 2. The van der Waals surface area contributed by atoms with E-state index in [1.165, 1.54) is 6.92 Å². The molecule has 0 aromatic carbocycles. The van der Waals surface area contributed by atoms with E-state index < -0.39 is 0 Å². The number of Topliss-reactive ketones (excluding diaryl/α,β-unsaturated/α-hetero) is 1. The van der Waals surface area contributed by atoms with Crippen molar-refractivity contribution < 1.29 is 9.59 Å². The van der Waals surface area contributed by atoms with Gasteiger partial charge in [-0.15, -0.1) is 0 Å². The highest BCUT2D eigenvalue weighted by Gasteiger charge is 2.22. The molecule has 2 aromatic rings. The molecular weight excluding hydrogens is 280 g/mol. The minimum Gasteiger partial charge on any atom is -0.354 e. The molecule has 118 valence electrons. The first-order chi connectivity index (χ1) is 10.2. The number of aryl methyl sites for hydroxylation is 2. The number of aromatic amines is 1. The average Bonchev–Trinajstić information content (AvgIpc) is 2.90. The van der Waals surface area contributed by atoms with Crippen molar-refractivity contribution in [3.8, 4) is 0 Å². The molecule has 1 atom stereocenters. The fourth-order valence-electron chi connectivity index (χ4n) is 2.79. The molecule has 6 heteroatoms. The van der Waals surface area contributed by atoms with Gasteiger partial charge >= 0.3 is 0 Å². The molecule has 0 bridgehead atoms. The van der Waals surface area contributed by atoms with Gasteiger partial charge in [0, 0.05) is 29.6 Å². The maximum Gasteiger partial charge on any atom is 0.268 e. The zero-order chi connectivity index (χ0) is 16.6. The molecule has 0 aliphatic carbocycles. The minimum atomic E-state index is -0.219. The third-order valence-electron chi connectivity index (χ3n) is 4.10. The van der Waals surface area contributed by atoms with Gasteiger partial charge in [0.15, 0.2) is 5.78 Å². The Kier molecular flexibility index (Phi) is 4.21. The van der Waals surface area contributed by atoms with Gasteiger partial charge < -0.3 is 10.3 Å². The van der Waals surface area contributed by atoms with Crippen LogP contribution in [0.3, 0.4) is 0 Å². The highest BCUT2D eigenvalue weighted by molar-refractivity contribution is 6.02. The number of ketones is 1. The monoisotopic (exact) mass is 302 g/mol. The molecule has 0 saturated carbocycles. The molecule has 22 heavy (non-hydrogen) atoms. The molecule has 1 unspecified atom stereocenters. The van der Waals surface area contributed by atoms with Gasteiger partial charge in [0.25, 0.3) is 5.91 Å². The number of carbonyl (C=O) groups is 2. The molecule has 1 amide bonds. The van der Waals surface area contributed by atoms with Crippen LogP contribution in [0.1, 0.15) is 63.3 Å². The SMILES string of the molecule is CC(=O)c1c(C)[nH]c(C(=O)NC(C)c2cnn(C)c2C)c1C. The Morgan fingerprint density at radius 1 is 1.32 bits per heavy atom. The van der Waals surface area contributed by atoms with Crippen molar-refractivity contribution in [1.29, 1.82) is 0 Å². The lowest BCUT2D eigenvalue weighted by atomic mass is 10.1. The van der Waals surface area contributed by atoms with Crippen LogP contribution in [0, 0.1) is 20.8 Å². The Morgan fingerprint density at radius 3 is 2.41 bits per heavy atom. The molecule has 0 spiro atoms. The third kappa shape index (κ3) is 2.68. The van der Waals surface area contributed by atoms with Crippen molar-refractivity contribution in [3.63, 3.8) is 0 Å². The van der Waals surface area contributed by atoms with Crippen LogP contribution in [-0.2, 0) is 7.05 Å². The first-order valence-corrected chi connectivity index (χ1v) is 7.23. The molecule has 2 rings (SSSR count). The van der Waals surface area contributed by atoms with Gasteiger partial charge in [0.05, 0.1) is 12.2 Å². The highest BCUT2D eigenvalue weighted by Crippen LogP contribution is 2.20. The van der Waals surface area contributed by atoms with E-state index in [2.05, 4.69) is 15.4 Å². The van der Waals surface area contributed by atoms with Crippen LogP contribution in [0.25, 0.3) is 0 Å². The summed E-state index contributed by atoms with van der Waals surface area (Å²) in [4.78, 5) is 27.1. The second-order valence-corrected chi connectivity index (χ2v) is 5.69. The van der Waals surface area contributed by atoms with Crippen molar-refractivity contribution in [3.05, 3.63) is 40.0 Å². The largest absolute Gasteiger partial charge is 0.354 e. The van der Waals surface area contributed by atoms with E-state index in [1.54, 1.807) is 24.7 Å². The van der Waals surface area contributed by atoms with Crippen LogP contribution in [0.15, 0.2) is 6.20 Å². The lowest BCUT2D eigenvalue weighted by Crippen LogP contribution is -2.27. The van der Waals surface area contributed by atoms with Crippen molar-refractivity contribution in [1.82, 2.24) is 20.1 Å². The Bertz CT molecular complexity index is 740. The summed E-state index contributed by atoms with van der Waals surface area (Å²) in [5.41, 5.74) is 4.43. The lowest BCUT2D eigenvalue weighted by Gasteiger charge is -2.13. The lowest BCUT2D eigenvalue weighted by molar-refractivity contribution is 0.0934. The van der Waals surface area contributed by atoms with Gasteiger partial charge in [0.2, 0.25) is 0 Å². The molecule has 2 N–H and O–H groups in total. The standard InChI is InChI=1S/C16H22N4O2/c1-8-14(12(5)21)10(3)18-15(8)16(22)19-9(2)13-7-17-20(6)11(13)4/h7,9,18H,1-6H3,(H,19,22). The van der Waals surface area contributed by atoms with E-state index in [4.69, 9.17) is 0 Å². The normalized spacial score (nSPS) is 12.3. The zero-order valence-electron chi connectivity index (χ0n) is 13.9. The van der Waals surface area contributed by atoms with Crippen LogP contribution < -0.4 is 5.32 Å². The van der Waals surface area contributed by atoms with Crippen molar-refractivity contribution in [2.24, 2.45) is 7.05 Å². The summed E-state index contributed by atoms with van der Waals surface area (Å²) < 4.78 is 1.77. The summed E-state index contributed by atoms with van der Waals surface area (Å²) in [5.74, 6) is -0.259. The number of amides is 1.